The van der Waals surface area contributed by atoms with Crippen LogP contribution >= 0.6 is 12.4 Å². The van der Waals surface area contributed by atoms with Crippen LogP contribution in [0.3, 0.4) is 0 Å². The van der Waals surface area contributed by atoms with Gasteiger partial charge in [0.2, 0.25) is 0 Å². The lowest BCUT2D eigenvalue weighted by Gasteiger charge is -2.30. The molecule has 20 heavy (non-hydrogen) atoms. The summed E-state index contributed by atoms with van der Waals surface area (Å²) in [5.41, 5.74) is 7.60. The molecule has 0 saturated carbocycles. The highest BCUT2D eigenvalue weighted by Gasteiger charge is 2.26. The molecule has 2 aromatic rings. The maximum Gasteiger partial charge on any atom is 0.124 e. The summed E-state index contributed by atoms with van der Waals surface area (Å²) < 4.78 is 5.78. The minimum absolute atomic E-state index is 0. The zero-order valence-corrected chi connectivity index (χ0v) is 13.5. The molecule has 0 saturated heterocycles. The van der Waals surface area contributed by atoms with E-state index in [1.165, 1.54) is 10.8 Å². The predicted octanol–water partition coefficient (Wildman–Crippen LogP) is 4.71. The largest absolute Gasteiger partial charge is 0.494 e. The first-order valence-electron chi connectivity index (χ1n) is 6.85. The van der Waals surface area contributed by atoms with E-state index in [0.717, 1.165) is 11.3 Å². The van der Waals surface area contributed by atoms with Gasteiger partial charge in [-0.05, 0) is 29.2 Å². The Kier molecular flexibility index (Phi) is 5.43. The molecule has 0 fully saturated rings. The Hall–Kier alpha value is -1.25. The highest BCUT2D eigenvalue weighted by atomic mass is 35.5. The maximum absolute atomic E-state index is 6.49. The Labute approximate surface area is 127 Å². The van der Waals surface area contributed by atoms with Gasteiger partial charge in [-0.15, -0.1) is 12.4 Å². The van der Waals surface area contributed by atoms with Crippen LogP contribution in [-0.2, 0) is 0 Å². The van der Waals surface area contributed by atoms with Crippen molar-refractivity contribution in [3.05, 3.63) is 42.0 Å². The SMILES string of the molecule is CCOc1ccc2ccccc2c1[C@H](N)C(C)(C)C.Cl. The van der Waals surface area contributed by atoms with Gasteiger partial charge in [0.05, 0.1) is 6.61 Å². The van der Waals surface area contributed by atoms with Gasteiger partial charge >= 0.3 is 0 Å². The van der Waals surface area contributed by atoms with Crippen LogP contribution in [0.4, 0.5) is 0 Å². The molecule has 0 aliphatic carbocycles. The number of benzene rings is 2. The number of fused-ring (bicyclic) bond motifs is 1. The first-order chi connectivity index (χ1) is 8.95. The first-order valence-corrected chi connectivity index (χ1v) is 6.85. The van der Waals surface area contributed by atoms with E-state index in [1.54, 1.807) is 0 Å². The molecule has 110 valence electrons. The zero-order valence-electron chi connectivity index (χ0n) is 12.6. The average Bonchev–Trinajstić information content (AvgIpc) is 2.37. The smallest absolute Gasteiger partial charge is 0.124 e. The van der Waals surface area contributed by atoms with E-state index in [1.807, 2.05) is 13.0 Å². The highest BCUT2D eigenvalue weighted by Crippen LogP contribution is 2.39. The van der Waals surface area contributed by atoms with Gasteiger partial charge in [-0.1, -0.05) is 51.1 Å². The molecule has 0 aliphatic rings. The van der Waals surface area contributed by atoms with Gasteiger partial charge in [0.1, 0.15) is 5.75 Å². The van der Waals surface area contributed by atoms with Crippen molar-refractivity contribution in [1.82, 2.24) is 0 Å². The second-order valence-corrected chi connectivity index (χ2v) is 5.98. The summed E-state index contributed by atoms with van der Waals surface area (Å²) in [5, 5.41) is 2.40. The van der Waals surface area contributed by atoms with Gasteiger partial charge in [0.15, 0.2) is 0 Å². The van der Waals surface area contributed by atoms with Crippen molar-refractivity contribution >= 4 is 23.2 Å². The summed E-state index contributed by atoms with van der Waals surface area (Å²) >= 11 is 0. The average molecular weight is 294 g/mol. The first kappa shape index (κ1) is 16.8. The standard InChI is InChI=1S/C17H23NO.ClH/c1-5-19-14-11-10-12-8-6-7-9-13(12)15(14)16(18)17(2,3)4;/h6-11,16H,5,18H2,1-4H3;1H/t16-;/m0./s1. The molecule has 0 radical (unpaired) electrons. The molecule has 0 unspecified atom stereocenters. The lowest BCUT2D eigenvalue weighted by Crippen LogP contribution is -2.27. The third kappa shape index (κ3) is 3.25. The van der Waals surface area contributed by atoms with Crippen LogP contribution in [0.1, 0.15) is 39.3 Å². The van der Waals surface area contributed by atoms with Crippen LogP contribution in [0.5, 0.6) is 5.75 Å². The lowest BCUT2D eigenvalue weighted by atomic mass is 9.81. The van der Waals surface area contributed by atoms with E-state index < -0.39 is 0 Å². The Balaban J connectivity index is 0.00000200. The van der Waals surface area contributed by atoms with Crippen molar-refractivity contribution in [1.29, 1.82) is 0 Å². The molecule has 2 N–H and O–H groups in total. The second-order valence-electron chi connectivity index (χ2n) is 5.98. The minimum atomic E-state index is -0.0554. The quantitative estimate of drug-likeness (QED) is 0.890. The Morgan fingerprint density at radius 2 is 1.75 bits per heavy atom. The Bertz CT molecular complexity index is 575. The lowest BCUT2D eigenvalue weighted by molar-refractivity contribution is 0.300. The molecule has 0 aliphatic heterocycles. The highest BCUT2D eigenvalue weighted by molar-refractivity contribution is 5.88. The third-order valence-corrected chi connectivity index (χ3v) is 3.47. The van der Waals surface area contributed by atoms with Crippen molar-refractivity contribution < 1.29 is 4.74 Å². The van der Waals surface area contributed by atoms with Crippen molar-refractivity contribution in [2.24, 2.45) is 11.1 Å². The van der Waals surface area contributed by atoms with E-state index >= 15 is 0 Å². The molecule has 2 rings (SSSR count). The van der Waals surface area contributed by atoms with Crippen molar-refractivity contribution in [3.8, 4) is 5.75 Å². The maximum atomic E-state index is 6.49. The van der Waals surface area contributed by atoms with E-state index in [9.17, 15) is 0 Å². The fraction of sp³-hybridized carbons (Fsp3) is 0.412. The molecule has 0 aromatic heterocycles. The van der Waals surface area contributed by atoms with E-state index in [-0.39, 0.29) is 23.9 Å². The number of ether oxygens (including phenoxy) is 1. The minimum Gasteiger partial charge on any atom is -0.494 e. The molecular weight excluding hydrogens is 270 g/mol. The van der Waals surface area contributed by atoms with Crippen molar-refractivity contribution in [3.63, 3.8) is 0 Å². The van der Waals surface area contributed by atoms with Crippen LogP contribution in [-0.4, -0.2) is 6.61 Å². The van der Waals surface area contributed by atoms with E-state index in [2.05, 4.69) is 51.1 Å². The summed E-state index contributed by atoms with van der Waals surface area (Å²) in [5.74, 6) is 0.906. The van der Waals surface area contributed by atoms with E-state index in [0.29, 0.717) is 6.61 Å². The molecule has 3 heteroatoms. The monoisotopic (exact) mass is 293 g/mol. The molecule has 1 atom stereocenters. The van der Waals surface area contributed by atoms with E-state index in [4.69, 9.17) is 10.5 Å². The molecule has 0 heterocycles. The fourth-order valence-corrected chi connectivity index (χ4v) is 2.31. The third-order valence-electron chi connectivity index (χ3n) is 3.47. The number of hydrogen-bond acceptors (Lipinski definition) is 2. The summed E-state index contributed by atoms with van der Waals surface area (Å²) in [6.45, 7) is 9.14. The molecule has 0 spiro atoms. The van der Waals surface area contributed by atoms with Gasteiger partial charge in [0.25, 0.3) is 0 Å². The van der Waals surface area contributed by atoms with Gasteiger partial charge < -0.3 is 10.5 Å². The molecule has 0 amide bonds. The molecule has 0 bridgehead atoms. The Morgan fingerprint density at radius 1 is 1.10 bits per heavy atom. The number of nitrogens with two attached hydrogens (primary N) is 1. The Morgan fingerprint density at radius 3 is 2.35 bits per heavy atom. The summed E-state index contributed by atoms with van der Waals surface area (Å²) in [6.07, 6.45) is 0. The van der Waals surface area contributed by atoms with Gasteiger partial charge in [0, 0.05) is 11.6 Å². The van der Waals surface area contributed by atoms with Crippen LogP contribution in [0, 0.1) is 5.41 Å². The topological polar surface area (TPSA) is 35.2 Å². The van der Waals surface area contributed by atoms with Gasteiger partial charge in [-0.2, -0.15) is 0 Å². The number of halogens is 1. The number of rotatable bonds is 3. The normalized spacial score (nSPS) is 12.8. The number of hydrogen-bond donors (Lipinski definition) is 1. The van der Waals surface area contributed by atoms with Gasteiger partial charge in [-0.25, -0.2) is 0 Å². The summed E-state index contributed by atoms with van der Waals surface area (Å²) in [6, 6.07) is 12.4. The molecule has 2 nitrogen and oxygen atoms in total. The summed E-state index contributed by atoms with van der Waals surface area (Å²) in [7, 11) is 0. The second kappa shape index (κ2) is 6.47. The predicted molar refractivity (Wildman–Crippen MR) is 88.7 cm³/mol. The molecule has 2 aromatic carbocycles. The van der Waals surface area contributed by atoms with Crippen LogP contribution in [0.25, 0.3) is 10.8 Å². The fourth-order valence-electron chi connectivity index (χ4n) is 2.31. The summed E-state index contributed by atoms with van der Waals surface area (Å²) in [4.78, 5) is 0. The zero-order chi connectivity index (χ0) is 14.0. The van der Waals surface area contributed by atoms with Crippen LogP contribution in [0.15, 0.2) is 36.4 Å². The van der Waals surface area contributed by atoms with Gasteiger partial charge in [-0.3, -0.25) is 0 Å². The van der Waals surface area contributed by atoms with Crippen molar-refractivity contribution in [2.45, 2.75) is 33.7 Å². The molecular formula is C17H24ClNO. The van der Waals surface area contributed by atoms with Crippen molar-refractivity contribution in [2.75, 3.05) is 6.61 Å². The van der Waals surface area contributed by atoms with Crippen LogP contribution < -0.4 is 10.5 Å². The van der Waals surface area contributed by atoms with Crippen LogP contribution in [0.2, 0.25) is 0 Å².